The van der Waals surface area contributed by atoms with E-state index < -0.39 is 5.79 Å². The van der Waals surface area contributed by atoms with Crippen LogP contribution in [0.3, 0.4) is 0 Å². The molecule has 2 unspecified atom stereocenters. The standard InChI is InChI=1S/C50H97NO6/c1-6-9-12-15-18-19-21-26-34-43-54-48(52)38-31-28-33-41-50(56-45-47(57-50)39-42-51(4)5)40-32-25-20-22-27-35-44-55-49(53)46(36-29-23-16-13-10-7-2)37-30-24-17-14-11-8-3/h46-47H,6-45H2,1-5H3. The normalized spacial score (nSPS) is 16.9. The molecule has 0 amide bonds. The van der Waals surface area contributed by atoms with Crippen molar-refractivity contribution in [3.63, 3.8) is 0 Å². The minimum atomic E-state index is -0.483. The van der Waals surface area contributed by atoms with Crippen molar-refractivity contribution >= 4 is 11.9 Å². The molecule has 0 spiro atoms. The molecule has 2 atom stereocenters. The zero-order chi connectivity index (χ0) is 41.5. The number of nitrogens with zero attached hydrogens (tertiary/aromatic N) is 1. The third-order valence-electron chi connectivity index (χ3n) is 12.1. The number of rotatable bonds is 43. The van der Waals surface area contributed by atoms with Crippen molar-refractivity contribution in [2.75, 3.05) is 40.5 Å². The quantitative estimate of drug-likeness (QED) is 0.0449. The molecule has 1 saturated heterocycles. The molecule has 0 aromatic carbocycles. The molecule has 1 fully saturated rings. The first-order valence-corrected chi connectivity index (χ1v) is 25.1. The molecule has 1 rings (SSSR count). The number of unbranched alkanes of at least 4 members (excludes halogenated alkanes) is 25. The second kappa shape index (κ2) is 39.0. The van der Waals surface area contributed by atoms with Crippen LogP contribution in [0.1, 0.15) is 252 Å². The van der Waals surface area contributed by atoms with Gasteiger partial charge in [-0.2, -0.15) is 0 Å². The summed E-state index contributed by atoms with van der Waals surface area (Å²) in [5.41, 5.74) is 0. The molecule has 0 aromatic heterocycles. The fraction of sp³-hybridized carbons (Fsp3) is 0.960. The third kappa shape index (κ3) is 32.3. The number of esters is 2. The van der Waals surface area contributed by atoms with Gasteiger partial charge in [-0.3, -0.25) is 9.59 Å². The van der Waals surface area contributed by atoms with Crippen LogP contribution in [0, 0.1) is 5.92 Å². The lowest BCUT2D eigenvalue weighted by Crippen LogP contribution is -2.31. The Morgan fingerprint density at radius 3 is 1.47 bits per heavy atom. The Bertz CT molecular complexity index is 882. The van der Waals surface area contributed by atoms with Crippen LogP contribution in [0.2, 0.25) is 0 Å². The topological polar surface area (TPSA) is 74.3 Å². The largest absolute Gasteiger partial charge is 0.466 e. The van der Waals surface area contributed by atoms with Gasteiger partial charge in [0.05, 0.1) is 31.8 Å². The van der Waals surface area contributed by atoms with E-state index in [1.807, 2.05) is 0 Å². The van der Waals surface area contributed by atoms with Gasteiger partial charge in [-0.15, -0.1) is 0 Å². The molecule has 0 bridgehead atoms. The summed E-state index contributed by atoms with van der Waals surface area (Å²) in [5.74, 6) is -0.376. The first-order chi connectivity index (χ1) is 27.9. The highest BCUT2D eigenvalue weighted by Crippen LogP contribution is 2.35. The second-order valence-electron chi connectivity index (χ2n) is 18.0. The van der Waals surface area contributed by atoms with Crippen molar-refractivity contribution in [2.45, 2.75) is 264 Å². The first-order valence-electron chi connectivity index (χ1n) is 25.1. The lowest BCUT2D eigenvalue weighted by atomic mass is 9.94. The Hall–Kier alpha value is -1.18. The van der Waals surface area contributed by atoms with Crippen molar-refractivity contribution in [1.29, 1.82) is 0 Å². The molecule has 57 heavy (non-hydrogen) atoms. The summed E-state index contributed by atoms with van der Waals surface area (Å²) in [5, 5.41) is 0. The fourth-order valence-corrected chi connectivity index (χ4v) is 8.28. The number of hydrogen-bond donors (Lipinski definition) is 0. The van der Waals surface area contributed by atoms with E-state index in [0.29, 0.717) is 26.2 Å². The van der Waals surface area contributed by atoms with E-state index in [9.17, 15) is 9.59 Å². The van der Waals surface area contributed by atoms with Crippen LogP contribution in [0.25, 0.3) is 0 Å². The molecule has 7 nitrogen and oxygen atoms in total. The Kier molecular flexibility index (Phi) is 36.8. The second-order valence-corrected chi connectivity index (χ2v) is 18.0. The van der Waals surface area contributed by atoms with Crippen molar-refractivity contribution < 1.29 is 28.5 Å². The van der Waals surface area contributed by atoms with E-state index in [1.54, 1.807) is 0 Å². The fourth-order valence-electron chi connectivity index (χ4n) is 8.28. The third-order valence-corrected chi connectivity index (χ3v) is 12.1. The summed E-state index contributed by atoms with van der Waals surface area (Å²) >= 11 is 0. The van der Waals surface area contributed by atoms with Crippen LogP contribution in [0.5, 0.6) is 0 Å². The van der Waals surface area contributed by atoms with Crippen LogP contribution < -0.4 is 0 Å². The van der Waals surface area contributed by atoms with Crippen LogP contribution in [0.15, 0.2) is 0 Å². The SMILES string of the molecule is CCCCCCCCCCCOC(=O)CCCCCC1(CCCCCCCCOC(=O)C(CCCCCCCC)CCCCCCCC)OCC(CCN(C)C)O1. The zero-order valence-electron chi connectivity index (χ0n) is 38.8. The van der Waals surface area contributed by atoms with Gasteiger partial charge in [0.1, 0.15) is 0 Å². The lowest BCUT2D eigenvalue weighted by Gasteiger charge is -2.28. The number of carbonyl (C=O) groups is 2. The molecule has 1 aliphatic heterocycles. The monoisotopic (exact) mass is 808 g/mol. The van der Waals surface area contributed by atoms with Gasteiger partial charge in [-0.25, -0.2) is 0 Å². The van der Waals surface area contributed by atoms with E-state index in [4.69, 9.17) is 18.9 Å². The highest BCUT2D eigenvalue weighted by Gasteiger charge is 2.40. The summed E-state index contributed by atoms with van der Waals surface area (Å²) in [7, 11) is 4.22. The Morgan fingerprint density at radius 1 is 0.561 bits per heavy atom. The number of ether oxygens (including phenoxy) is 4. The first kappa shape index (κ1) is 53.8. The molecular formula is C50H97NO6. The average Bonchev–Trinajstić information content (AvgIpc) is 3.61. The smallest absolute Gasteiger partial charge is 0.308 e. The lowest BCUT2D eigenvalue weighted by molar-refractivity contribution is -0.180. The maximum absolute atomic E-state index is 13.1. The van der Waals surface area contributed by atoms with E-state index in [1.165, 1.54) is 128 Å². The molecule has 1 heterocycles. The van der Waals surface area contributed by atoms with E-state index in [-0.39, 0.29) is 24.0 Å². The summed E-state index contributed by atoms with van der Waals surface area (Å²) in [4.78, 5) is 27.6. The van der Waals surface area contributed by atoms with Crippen LogP contribution >= 0.6 is 0 Å². The van der Waals surface area contributed by atoms with Gasteiger partial charge in [0.2, 0.25) is 0 Å². The van der Waals surface area contributed by atoms with Crippen LogP contribution in [-0.2, 0) is 28.5 Å². The highest BCUT2D eigenvalue weighted by atomic mass is 16.7. The Morgan fingerprint density at radius 2 is 0.982 bits per heavy atom. The van der Waals surface area contributed by atoms with E-state index in [2.05, 4.69) is 39.8 Å². The van der Waals surface area contributed by atoms with Gasteiger partial charge in [0.15, 0.2) is 5.79 Å². The van der Waals surface area contributed by atoms with E-state index >= 15 is 0 Å². The van der Waals surface area contributed by atoms with Crippen molar-refractivity contribution in [3.8, 4) is 0 Å². The average molecular weight is 808 g/mol. The molecule has 1 aliphatic rings. The van der Waals surface area contributed by atoms with Gasteiger partial charge < -0.3 is 23.8 Å². The summed E-state index contributed by atoms with van der Waals surface area (Å²) in [6.45, 7) is 9.60. The molecule has 0 aromatic rings. The number of carbonyl (C=O) groups excluding carboxylic acids is 2. The van der Waals surface area contributed by atoms with Gasteiger partial charge in [-0.05, 0) is 65.5 Å². The maximum Gasteiger partial charge on any atom is 0.308 e. The summed E-state index contributed by atoms with van der Waals surface area (Å²) < 4.78 is 24.5. The Labute approximate surface area is 354 Å². The molecule has 0 N–H and O–H groups in total. The predicted octanol–water partition coefficient (Wildman–Crippen LogP) is 14.5. The van der Waals surface area contributed by atoms with Crippen molar-refractivity contribution in [2.24, 2.45) is 5.92 Å². The number of hydrogen-bond acceptors (Lipinski definition) is 7. The summed E-state index contributed by atoms with van der Waals surface area (Å²) in [6.07, 6.45) is 41.7. The molecule has 0 saturated carbocycles. The zero-order valence-corrected chi connectivity index (χ0v) is 38.8. The van der Waals surface area contributed by atoms with Gasteiger partial charge in [-0.1, -0.05) is 181 Å². The minimum absolute atomic E-state index is 0.0456. The van der Waals surface area contributed by atoms with E-state index in [0.717, 1.165) is 103 Å². The van der Waals surface area contributed by atoms with Gasteiger partial charge in [0.25, 0.3) is 0 Å². The van der Waals surface area contributed by atoms with Crippen molar-refractivity contribution in [1.82, 2.24) is 4.90 Å². The predicted molar refractivity (Wildman–Crippen MR) is 241 cm³/mol. The molecule has 338 valence electrons. The molecule has 0 radical (unpaired) electrons. The Balaban J connectivity index is 2.30. The van der Waals surface area contributed by atoms with Crippen LogP contribution in [-0.4, -0.2) is 69.2 Å². The molecule has 0 aliphatic carbocycles. The molecule has 7 heteroatoms. The van der Waals surface area contributed by atoms with Crippen LogP contribution in [0.4, 0.5) is 0 Å². The maximum atomic E-state index is 13.1. The van der Waals surface area contributed by atoms with Gasteiger partial charge >= 0.3 is 11.9 Å². The highest BCUT2D eigenvalue weighted by molar-refractivity contribution is 5.72. The van der Waals surface area contributed by atoms with Gasteiger partial charge in [0, 0.05) is 25.8 Å². The minimum Gasteiger partial charge on any atom is -0.466 e. The van der Waals surface area contributed by atoms with Crippen molar-refractivity contribution in [3.05, 3.63) is 0 Å². The molecular weight excluding hydrogens is 711 g/mol. The summed E-state index contributed by atoms with van der Waals surface area (Å²) in [6, 6.07) is 0.